The number of nitrogens with zero attached hydrogens (tertiary/aromatic N) is 7. The summed E-state index contributed by atoms with van der Waals surface area (Å²) in [5, 5.41) is 19.5. The quantitative estimate of drug-likeness (QED) is 0.447. The summed E-state index contributed by atoms with van der Waals surface area (Å²) in [4.78, 5) is 5.73. The first-order chi connectivity index (χ1) is 14.1. The van der Waals surface area contributed by atoms with Crippen molar-refractivity contribution in [1.82, 2.24) is 35.4 Å². The summed E-state index contributed by atoms with van der Waals surface area (Å²) in [5.41, 5.74) is 7.42. The molecule has 13 heteroatoms. The molecule has 0 saturated heterocycles. The number of anilines is 1. The van der Waals surface area contributed by atoms with Crippen molar-refractivity contribution >= 4 is 38.0 Å². The van der Waals surface area contributed by atoms with E-state index in [0.717, 1.165) is 20.7 Å². The smallest absolute Gasteiger partial charge is 0.314 e. The van der Waals surface area contributed by atoms with E-state index in [1.807, 2.05) is 24.3 Å². The molecule has 0 atom stereocenters. The summed E-state index contributed by atoms with van der Waals surface area (Å²) in [5.74, 6) is -0.0508. The standard InChI is InChI=1S/C16H10F2N8OS2/c17-12(18)15-23-22-14(27-15)10-4-2-8(28-10)6-26-13(21-24-25-26)7-1-3-9-11(5-7)29-16(19)20-9/h1-5,12H,6H2,(H2,19,20). The van der Waals surface area contributed by atoms with Crippen LogP contribution >= 0.6 is 22.7 Å². The van der Waals surface area contributed by atoms with E-state index in [1.54, 1.807) is 10.7 Å². The number of fused-ring (bicyclic) bond motifs is 1. The summed E-state index contributed by atoms with van der Waals surface area (Å²) < 4.78 is 32.8. The van der Waals surface area contributed by atoms with Gasteiger partial charge in [-0.2, -0.15) is 8.78 Å². The lowest BCUT2D eigenvalue weighted by molar-refractivity contribution is 0.116. The molecule has 0 amide bonds. The number of benzene rings is 1. The van der Waals surface area contributed by atoms with Crippen LogP contribution in [0.25, 0.3) is 32.4 Å². The second-order valence-corrected chi connectivity index (χ2v) is 8.14. The van der Waals surface area contributed by atoms with E-state index >= 15 is 0 Å². The maximum Gasteiger partial charge on any atom is 0.314 e. The van der Waals surface area contributed by atoms with E-state index in [-0.39, 0.29) is 5.89 Å². The average Bonchev–Trinajstić information content (AvgIpc) is 3.47. The molecule has 4 heterocycles. The van der Waals surface area contributed by atoms with Crippen LogP contribution in [-0.2, 0) is 6.54 Å². The van der Waals surface area contributed by atoms with E-state index in [1.165, 1.54) is 22.7 Å². The second-order valence-electron chi connectivity index (χ2n) is 5.91. The van der Waals surface area contributed by atoms with Crippen LogP contribution in [0.15, 0.2) is 34.7 Å². The van der Waals surface area contributed by atoms with Gasteiger partial charge in [-0.3, -0.25) is 0 Å². The largest absolute Gasteiger partial charge is 0.414 e. The Labute approximate surface area is 168 Å². The molecule has 0 radical (unpaired) electrons. The fourth-order valence-corrected chi connectivity index (χ4v) is 4.43. The van der Waals surface area contributed by atoms with Crippen LogP contribution in [0, 0.1) is 0 Å². The molecule has 0 aliphatic rings. The fourth-order valence-electron chi connectivity index (χ4n) is 2.75. The van der Waals surface area contributed by atoms with Crippen LogP contribution in [0.5, 0.6) is 0 Å². The van der Waals surface area contributed by atoms with Crippen LogP contribution in [-0.4, -0.2) is 35.4 Å². The van der Waals surface area contributed by atoms with E-state index in [2.05, 4.69) is 30.7 Å². The van der Waals surface area contributed by atoms with Gasteiger partial charge in [0.25, 0.3) is 11.8 Å². The van der Waals surface area contributed by atoms with Gasteiger partial charge in [-0.1, -0.05) is 11.3 Å². The van der Waals surface area contributed by atoms with Crippen LogP contribution < -0.4 is 5.73 Å². The lowest BCUT2D eigenvalue weighted by Gasteiger charge is -2.03. The zero-order valence-corrected chi connectivity index (χ0v) is 16.0. The Morgan fingerprint density at radius 2 is 2.00 bits per heavy atom. The highest BCUT2D eigenvalue weighted by Crippen LogP contribution is 2.31. The summed E-state index contributed by atoms with van der Waals surface area (Å²) in [6, 6.07) is 9.27. The minimum Gasteiger partial charge on any atom is -0.414 e. The third-order valence-corrected chi connectivity index (χ3v) is 5.91. The monoisotopic (exact) mass is 432 g/mol. The minimum absolute atomic E-state index is 0.0572. The molecule has 0 saturated carbocycles. The minimum atomic E-state index is -2.80. The number of alkyl halides is 2. The third-order valence-electron chi connectivity index (χ3n) is 4.00. The highest BCUT2D eigenvalue weighted by Gasteiger charge is 2.18. The number of hydrogen-bond donors (Lipinski definition) is 1. The molecule has 0 aliphatic carbocycles. The Morgan fingerprint density at radius 3 is 2.83 bits per heavy atom. The number of hydrogen-bond acceptors (Lipinski definition) is 10. The predicted octanol–water partition coefficient (Wildman–Crippen LogP) is 3.63. The van der Waals surface area contributed by atoms with Gasteiger partial charge in [0.2, 0.25) is 0 Å². The van der Waals surface area contributed by atoms with Gasteiger partial charge >= 0.3 is 6.43 Å². The molecule has 0 aliphatic heterocycles. The Hall–Kier alpha value is -3.32. The molecular formula is C16H10F2N8OS2. The van der Waals surface area contributed by atoms with Gasteiger partial charge < -0.3 is 10.2 Å². The van der Waals surface area contributed by atoms with Gasteiger partial charge in [-0.15, -0.1) is 26.6 Å². The predicted molar refractivity (Wildman–Crippen MR) is 103 cm³/mol. The van der Waals surface area contributed by atoms with Gasteiger partial charge in [0.05, 0.1) is 21.6 Å². The van der Waals surface area contributed by atoms with Crippen LogP contribution in [0.1, 0.15) is 17.2 Å². The summed E-state index contributed by atoms with van der Waals surface area (Å²) in [7, 11) is 0. The van der Waals surface area contributed by atoms with Crippen molar-refractivity contribution in [3.8, 4) is 22.2 Å². The van der Waals surface area contributed by atoms with Crippen molar-refractivity contribution in [2.75, 3.05) is 5.73 Å². The highest BCUT2D eigenvalue weighted by molar-refractivity contribution is 7.22. The molecule has 4 aromatic heterocycles. The molecule has 2 N–H and O–H groups in total. The van der Waals surface area contributed by atoms with E-state index < -0.39 is 12.3 Å². The molecule has 0 unspecified atom stereocenters. The third kappa shape index (κ3) is 3.34. The topological polar surface area (TPSA) is 121 Å². The second kappa shape index (κ2) is 6.93. The van der Waals surface area contributed by atoms with Crippen LogP contribution in [0.2, 0.25) is 0 Å². The molecule has 5 aromatic rings. The Bertz CT molecular complexity index is 1310. The van der Waals surface area contributed by atoms with Crippen molar-refractivity contribution in [1.29, 1.82) is 0 Å². The molecular weight excluding hydrogens is 422 g/mol. The van der Waals surface area contributed by atoms with E-state index in [4.69, 9.17) is 10.2 Å². The Kier molecular flexibility index (Phi) is 4.24. The number of halogens is 2. The number of nitrogens with two attached hydrogens (primary N) is 1. The average molecular weight is 432 g/mol. The van der Waals surface area contributed by atoms with Gasteiger partial charge in [-0.25, -0.2) is 9.67 Å². The lowest BCUT2D eigenvalue weighted by atomic mass is 10.2. The number of tetrazole rings is 1. The maximum atomic E-state index is 12.6. The zero-order valence-electron chi connectivity index (χ0n) is 14.4. The lowest BCUT2D eigenvalue weighted by Crippen LogP contribution is -2.03. The Balaban J connectivity index is 1.42. The Morgan fingerprint density at radius 1 is 1.10 bits per heavy atom. The van der Waals surface area contributed by atoms with Crippen molar-refractivity contribution < 1.29 is 13.2 Å². The first kappa shape index (κ1) is 17.8. The van der Waals surface area contributed by atoms with Crippen LogP contribution in [0.3, 0.4) is 0 Å². The number of thiazole rings is 1. The number of aromatic nitrogens is 7. The number of nitrogen functional groups attached to an aromatic ring is 1. The molecule has 146 valence electrons. The van der Waals surface area contributed by atoms with Gasteiger partial charge in [-0.05, 0) is 40.8 Å². The van der Waals surface area contributed by atoms with E-state index in [9.17, 15) is 8.78 Å². The molecule has 9 nitrogen and oxygen atoms in total. The normalized spacial score (nSPS) is 11.7. The highest BCUT2D eigenvalue weighted by atomic mass is 32.1. The maximum absolute atomic E-state index is 12.6. The van der Waals surface area contributed by atoms with Crippen molar-refractivity contribution in [3.05, 3.63) is 41.1 Å². The number of thiophene rings is 1. The summed E-state index contributed by atoms with van der Waals surface area (Å²) in [6.07, 6.45) is -2.80. The zero-order chi connectivity index (χ0) is 20.0. The first-order valence-electron chi connectivity index (χ1n) is 8.20. The van der Waals surface area contributed by atoms with Gasteiger partial charge in [0.15, 0.2) is 11.0 Å². The summed E-state index contributed by atoms with van der Waals surface area (Å²) in [6.45, 7) is 0.395. The van der Waals surface area contributed by atoms with Crippen LogP contribution in [0.4, 0.5) is 13.9 Å². The molecule has 1 aromatic carbocycles. The molecule has 0 bridgehead atoms. The van der Waals surface area contributed by atoms with Gasteiger partial charge in [0, 0.05) is 10.4 Å². The van der Waals surface area contributed by atoms with Gasteiger partial charge in [0.1, 0.15) is 0 Å². The van der Waals surface area contributed by atoms with Crippen molar-refractivity contribution in [2.24, 2.45) is 0 Å². The van der Waals surface area contributed by atoms with E-state index in [0.29, 0.717) is 22.4 Å². The SMILES string of the molecule is Nc1nc2ccc(-c3nnnn3Cc3ccc(-c4nnc(C(F)F)o4)s3)cc2s1. The fraction of sp³-hybridized carbons (Fsp3) is 0.125. The molecule has 5 rings (SSSR count). The molecule has 0 fully saturated rings. The molecule has 29 heavy (non-hydrogen) atoms. The summed E-state index contributed by atoms with van der Waals surface area (Å²) >= 11 is 2.73. The molecule has 0 spiro atoms. The van der Waals surface area contributed by atoms with Crippen molar-refractivity contribution in [2.45, 2.75) is 13.0 Å². The number of rotatable bonds is 5. The van der Waals surface area contributed by atoms with Crippen molar-refractivity contribution in [3.63, 3.8) is 0 Å². The first-order valence-corrected chi connectivity index (χ1v) is 9.83.